The zero-order chi connectivity index (χ0) is 44.2. The van der Waals surface area contributed by atoms with Gasteiger partial charge in [0.1, 0.15) is 11.4 Å². The first-order chi connectivity index (χ1) is 28.8. The van der Waals surface area contributed by atoms with Gasteiger partial charge in [-0.25, -0.2) is 15.0 Å². The van der Waals surface area contributed by atoms with Crippen molar-refractivity contribution < 1.29 is 41.0 Å². The number of aromatic nitrogens is 8. The molecule has 0 unspecified atom stereocenters. The number of nitrogens with zero attached hydrogens (tertiary/aromatic N) is 6. The van der Waals surface area contributed by atoms with Crippen molar-refractivity contribution in [3.63, 3.8) is 0 Å². The topological polar surface area (TPSA) is 220 Å². The maximum atomic E-state index is 12.8. The quantitative estimate of drug-likeness (QED) is 0.0845. The van der Waals surface area contributed by atoms with Gasteiger partial charge < -0.3 is 16.2 Å². The minimum Gasteiger partial charge on any atom is -0.477 e. The number of carbonyl (C=O) groups is 2. The number of nitrogens with one attached hydrogen (secondary N) is 3. The molecular weight excluding hydrogens is 827 g/mol. The minimum absolute atomic E-state index is 0. The molecule has 0 saturated carbocycles. The van der Waals surface area contributed by atoms with Crippen molar-refractivity contribution in [1.29, 1.82) is 0 Å². The Hall–Kier alpha value is -8.10. The van der Waals surface area contributed by atoms with E-state index in [4.69, 9.17) is 10.8 Å². The van der Waals surface area contributed by atoms with Crippen LogP contribution < -0.4 is 22.2 Å². The van der Waals surface area contributed by atoms with Gasteiger partial charge in [-0.3, -0.25) is 23.7 Å². The monoisotopic (exact) mass is 860 g/mol. The summed E-state index contributed by atoms with van der Waals surface area (Å²) in [5.74, 6) is -2.16. The van der Waals surface area contributed by atoms with Crippen LogP contribution >= 0.6 is 0 Å². The number of carbonyl (C=O) groups excluding carboxylic acids is 1. The Morgan fingerprint density at radius 1 is 0.629 bits per heavy atom. The lowest BCUT2D eigenvalue weighted by Gasteiger charge is -2.08. The van der Waals surface area contributed by atoms with Crippen molar-refractivity contribution >= 4 is 44.8 Å². The molecule has 0 fully saturated rings. The molecule has 15 nitrogen and oxygen atoms in total. The van der Waals surface area contributed by atoms with Crippen molar-refractivity contribution in [3.05, 3.63) is 153 Å². The van der Waals surface area contributed by atoms with Gasteiger partial charge in [-0.1, -0.05) is 68.1 Å². The summed E-state index contributed by atoms with van der Waals surface area (Å²) < 4.78 is 75.8. The Labute approximate surface area is 345 Å². The predicted molar refractivity (Wildman–Crippen MR) is 218 cm³/mol. The van der Waals surface area contributed by atoms with E-state index in [1.807, 2.05) is 42.5 Å². The summed E-state index contributed by atoms with van der Waals surface area (Å²) in [5, 5.41) is 33.2. The number of nitrogen functional groups attached to an aromatic ring is 1. The van der Waals surface area contributed by atoms with Crippen LogP contribution in [0, 0.1) is 0 Å². The standard InChI is InChI=1S/C20H14F3N5O2.C14H11N3O.C6H5F3N2O2.CH4/c1-28-15(10-16(27-28)20(21,22)23)19(30)24-12-8-6-11(7-9-12)17-13-4-2-3-5-14(13)18(29)26-25-17;15-10-7-5-9(6-8-10)13-11-3-1-2-4-12(11)14(18)17-16-13;1-11-3(5(12)13)2-4(10-11)6(7,8)9;/h2-10H,1H3,(H,24,30)(H,26,29);1-8H,15H2,(H,17,18);2H,1H3,(H,12,13);1H4. The number of fused-ring (bicyclic) bond motifs is 2. The fourth-order valence-electron chi connectivity index (χ4n) is 5.84. The lowest BCUT2D eigenvalue weighted by atomic mass is 10.0. The summed E-state index contributed by atoms with van der Waals surface area (Å²) in [6.07, 6.45) is -9.24. The summed E-state index contributed by atoms with van der Waals surface area (Å²) in [5.41, 5.74) is 6.15. The third-order valence-corrected chi connectivity index (χ3v) is 8.78. The van der Waals surface area contributed by atoms with E-state index >= 15 is 0 Å². The lowest BCUT2D eigenvalue weighted by molar-refractivity contribution is -0.142. The highest BCUT2D eigenvalue weighted by Crippen LogP contribution is 2.30. The van der Waals surface area contributed by atoms with E-state index in [2.05, 4.69) is 35.9 Å². The number of hydrogen-bond acceptors (Lipinski definition) is 9. The number of nitrogens with two attached hydrogens (primary N) is 1. The van der Waals surface area contributed by atoms with Gasteiger partial charge in [0.2, 0.25) is 0 Å². The maximum absolute atomic E-state index is 12.8. The molecule has 4 heterocycles. The van der Waals surface area contributed by atoms with Gasteiger partial charge >= 0.3 is 18.3 Å². The number of aryl methyl sites for hydroxylation is 2. The van der Waals surface area contributed by atoms with Crippen LogP contribution in [-0.2, 0) is 26.4 Å². The van der Waals surface area contributed by atoms with Crippen LogP contribution in [0.5, 0.6) is 0 Å². The largest absolute Gasteiger partial charge is 0.477 e. The number of aromatic carboxylic acids is 1. The molecular formula is C41H34F6N10O5. The van der Waals surface area contributed by atoms with E-state index < -0.39 is 41.3 Å². The molecule has 4 aromatic carbocycles. The molecule has 4 aromatic heterocycles. The van der Waals surface area contributed by atoms with Crippen LogP contribution in [-0.4, -0.2) is 56.9 Å². The molecule has 0 aliphatic heterocycles. The van der Waals surface area contributed by atoms with Crippen molar-refractivity contribution in [1.82, 2.24) is 40.0 Å². The van der Waals surface area contributed by atoms with Crippen LogP contribution in [0.2, 0.25) is 0 Å². The zero-order valence-electron chi connectivity index (χ0n) is 31.5. The third-order valence-electron chi connectivity index (χ3n) is 8.78. The fourth-order valence-corrected chi connectivity index (χ4v) is 5.84. The molecule has 62 heavy (non-hydrogen) atoms. The second kappa shape index (κ2) is 18.0. The number of carboxylic acids is 1. The molecule has 0 radical (unpaired) electrons. The molecule has 8 aromatic rings. The highest BCUT2D eigenvalue weighted by atomic mass is 19.4. The molecule has 6 N–H and O–H groups in total. The molecule has 320 valence electrons. The summed E-state index contributed by atoms with van der Waals surface area (Å²) in [7, 11) is 2.40. The lowest BCUT2D eigenvalue weighted by Crippen LogP contribution is -2.16. The summed E-state index contributed by atoms with van der Waals surface area (Å²) in [6, 6.07) is 29.6. The van der Waals surface area contributed by atoms with Gasteiger partial charge in [0.15, 0.2) is 11.4 Å². The first kappa shape index (κ1) is 45.0. The van der Waals surface area contributed by atoms with Gasteiger partial charge in [-0.15, -0.1) is 0 Å². The second-order valence-electron chi connectivity index (χ2n) is 12.9. The van der Waals surface area contributed by atoms with Gasteiger partial charge in [-0.05, 0) is 36.4 Å². The average molecular weight is 861 g/mol. The van der Waals surface area contributed by atoms with Gasteiger partial charge in [0.05, 0.1) is 22.2 Å². The summed E-state index contributed by atoms with van der Waals surface area (Å²) in [4.78, 5) is 46.3. The van der Waals surface area contributed by atoms with E-state index in [9.17, 15) is 45.5 Å². The number of carboxylic acid groups (broad SMARTS) is 1. The first-order valence-corrected chi connectivity index (χ1v) is 17.5. The van der Waals surface area contributed by atoms with Gasteiger partial charge in [-0.2, -0.15) is 46.7 Å². The number of hydrogen-bond donors (Lipinski definition) is 5. The van der Waals surface area contributed by atoms with Crippen LogP contribution in [0.4, 0.5) is 37.7 Å². The Kier molecular flexibility index (Phi) is 13.1. The van der Waals surface area contributed by atoms with E-state index in [1.54, 1.807) is 54.6 Å². The van der Waals surface area contributed by atoms with Crippen molar-refractivity contribution in [2.75, 3.05) is 11.1 Å². The molecule has 0 aliphatic rings. The summed E-state index contributed by atoms with van der Waals surface area (Å²) >= 11 is 0. The number of halogens is 6. The molecule has 0 saturated heterocycles. The highest BCUT2D eigenvalue weighted by molar-refractivity contribution is 6.03. The van der Waals surface area contributed by atoms with Crippen molar-refractivity contribution in [2.45, 2.75) is 19.8 Å². The molecule has 8 rings (SSSR count). The molecule has 0 atom stereocenters. The van der Waals surface area contributed by atoms with E-state index in [1.165, 1.54) is 7.05 Å². The van der Waals surface area contributed by atoms with E-state index in [0.29, 0.717) is 55.6 Å². The van der Waals surface area contributed by atoms with Crippen LogP contribution in [0.25, 0.3) is 44.1 Å². The third kappa shape index (κ3) is 10.0. The van der Waals surface area contributed by atoms with E-state index in [0.717, 1.165) is 28.4 Å². The molecule has 0 bridgehead atoms. The number of H-pyrrole nitrogens is 2. The molecule has 0 aliphatic carbocycles. The Bertz CT molecular complexity index is 3010. The Morgan fingerprint density at radius 3 is 1.40 bits per heavy atom. The van der Waals surface area contributed by atoms with Crippen LogP contribution in [0.15, 0.2) is 119 Å². The summed E-state index contributed by atoms with van der Waals surface area (Å²) in [6.45, 7) is 0. The predicted octanol–water partition coefficient (Wildman–Crippen LogP) is 7.54. The Morgan fingerprint density at radius 2 is 1.02 bits per heavy atom. The SMILES string of the molecule is C.Cn1nc(C(F)(F)F)cc1C(=O)Nc1ccc(-c2n[nH]c(=O)c3ccccc23)cc1.Cn1nc(C(F)(F)F)cc1C(=O)O.Nc1ccc(-c2n[nH]c(=O)c3ccccc23)cc1. The zero-order valence-corrected chi connectivity index (χ0v) is 31.5. The van der Waals surface area contributed by atoms with Gasteiger partial charge in [0, 0.05) is 59.5 Å². The number of amides is 1. The first-order valence-electron chi connectivity index (χ1n) is 17.5. The van der Waals surface area contributed by atoms with Gasteiger partial charge in [0.25, 0.3) is 17.0 Å². The van der Waals surface area contributed by atoms with E-state index in [-0.39, 0.29) is 24.2 Å². The average Bonchev–Trinajstić information content (AvgIpc) is 3.83. The minimum atomic E-state index is -4.63. The number of rotatable bonds is 5. The molecule has 1 amide bonds. The normalized spacial score (nSPS) is 11.2. The number of anilines is 2. The molecule has 21 heteroatoms. The van der Waals surface area contributed by atoms with Crippen molar-refractivity contribution in [2.24, 2.45) is 14.1 Å². The van der Waals surface area contributed by atoms with Crippen LogP contribution in [0.1, 0.15) is 39.8 Å². The van der Waals surface area contributed by atoms with Crippen molar-refractivity contribution in [3.8, 4) is 22.5 Å². The Balaban J connectivity index is 0.000000193. The number of aromatic amines is 2. The fraction of sp³-hybridized carbons (Fsp3) is 0.122. The van der Waals surface area contributed by atoms with Crippen LogP contribution in [0.3, 0.4) is 0 Å². The smallest absolute Gasteiger partial charge is 0.435 e. The maximum Gasteiger partial charge on any atom is 0.435 e. The number of alkyl halides is 6. The second-order valence-corrected chi connectivity index (χ2v) is 12.9. The highest BCUT2D eigenvalue weighted by Gasteiger charge is 2.36. The number of benzene rings is 4. The molecule has 0 spiro atoms.